The minimum atomic E-state index is -0.502. The summed E-state index contributed by atoms with van der Waals surface area (Å²) in [6.45, 7) is 12.3. The van der Waals surface area contributed by atoms with Crippen LogP contribution in [0.2, 0.25) is 0 Å². The number of nitrogens with zero attached hydrogens (tertiary/aromatic N) is 2. The maximum Gasteiger partial charge on any atom is 0.407 e. The third-order valence-electron chi connectivity index (χ3n) is 3.27. The Morgan fingerprint density at radius 1 is 1.29 bits per heavy atom. The van der Waals surface area contributed by atoms with Crippen LogP contribution in [-0.2, 0) is 9.47 Å². The van der Waals surface area contributed by atoms with Crippen molar-refractivity contribution in [3.63, 3.8) is 0 Å². The average molecular weight is 388 g/mol. The number of hydrogen-bond acceptors (Lipinski definition) is 5. The van der Waals surface area contributed by atoms with Crippen LogP contribution in [0.4, 0.5) is 4.79 Å². The van der Waals surface area contributed by atoms with Crippen LogP contribution >= 0.6 is 0 Å². The molecule has 0 aromatic heterocycles. The van der Waals surface area contributed by atoms with Crippen molar-refractivity contribution in [3.8, 4) is 6.07 Å². The third-order valence-corrected chi connectivity index (χ3v) is 3.27. The Hall–Kier alpha value is -2.81. The van der Waals surface area contributed by atoms with Crippen LogP contribution in [0, 0.1) is 11.3 Å². The smallest absolute Gasteiger partial charge is 0.407 e. The predicted molar refractivity (Wildman–Crippen MR) is 114 cm³/mol. The molecule has 0 heterocycles. The molecule has 28 heavy (non-hydrogen) atoms. The van der Waals surface area contributed by atoms with E-state index >= 15 is 0 Å². The number of aliphatic imine (C=N–C) groups is 1. The summed E-state index contributed by atoms with van der Waals surface area (Å²) in [6, 6.07) is 2.00. The molecule has 0 aromatic carbocycles. The molecular formula is C22H33N3O3. The van der Waals surface area contributed by atoms with Crippen LogP contribution in [0.5, 0.6) is 0 Å². The first kappa shape index (κ1) is 25.2. The fraction of sp³-hybridized carbons (Fsp3) is 0.500. The highest BCUT2D eigenvalue weighted by molar-refractivity contribution is 6.07. The first-order valence-electron chi connectivity index (χ1n) is 9.42. The SMILES string of the molecule is C=CC(=CC/C(=C\CC)OCCCNC(=O)OC(C)(C)C)/C=C\C(C#N)=NC. The Morgan fingerprint density at radius 3 is 2.54 bits per heavy atom. The first-order chi connectivity index (χ1) is 13.3. The van der Waals surface area contributed by atoms with Crippen LogP contribution in [0.1, 0.15) is 47.0 Å². The van der Waals surface area contributed by atoms with Gasteiger partial charge in [-0.3, -0.25) is 4.99 Å². The number of alkyl carbamates (subject to hydrolysis) is 1. The van der Waals surface area contributed by atoms with Gasteiger partial charge >= 0.3 is 6.09 Å². The largest absolute Gasteiger partial charge is 0.498 e. The molecule has 0 rings (SSSR count). The van der Waals surface area contributed by atoms with Gasteiger partial charge in [0.1, 0.15) is 17.4 Å². The zero-order chi connectivity index (χ0) is 21.4. The van der Waals surface area contributed by atoms with Gasteiger partial charge in [0.05, 0.1) is 12.4 Å². The summed E-state index contributed by atoms with van der Waals surface area (Å²) >= 11 is 0. The lowest BCUT2D eigenvalue weighted by molar-refractivity contribution is 0.0523. The number of hydrogen-bond donors (Lipinski definition) is 1. The molecular weight excluding hydrogens is 354 g/mol. The Bertz CT molecular complexity index is 659. The second kappa shape index (κ2) is 14.3. The van der Waals surface area contributed by atoms with E-state index in [1.165, 1.54) is 0 Å². The molecule has 0 unspecified atom stereocenters. The predicted octanol–water partition coefficient (Wildman–Crippen LogP) is 4.86. The molecule has 0 aliphatic heterocycles. The van der Waals surface area contributed by atoms with E-state index in [4.69, 9.17) is 14.7 Å². The minimum Gasteiger partial charge on any atom is -0.498 e. The molecule has 0 saturated carbocycles. The van der Waals surface area contributed by atoms with Crippen molar-refractivity contribution in [1.82, 2.24) is 5.32 Å². The molecule has 6 heteroatoms. The van der Waals surface area contributed by atoms with Crippen molar-refractivity contribution in [2.45, 2.75) is 52.6 Å². The fourth-order valence-corrected chi connectivity index (χ4v) is 1.98. The minimum absolute atomic E-state index is 0.353. The van der Waals surface area contributed by atoms with Crippen LogP contribution in [0.3, 0.4) is 0 Å². The Labute approximate surface area is 169 Å². The van der Waals surface area contributed by atoms with E-state index in [1.807, 2.05) is 45.9 Å². The van der Waals surface area contributed by atoms with Gasteiger partial charge in [-0.05, 0) is 51.3 Å². The van der Waals surface area contributed by atoms with E-state index < -0.39 is 11.7 Å². The molecule has 0 aromatic rings. The maximum absolute atomic E-state index is 11.6. The van der Waals surface area contributed by atoms with Crippen molar-refractivity contribution in [1.29, 1.82) is 5.26 Å². The molecule has 0 saturated heterocycles. The van der Waals surface area contributed by atoms with Crippen LogP contribution in [-0.4, -0.2) is 37.6 Å². The zero-order valence-corrected chi connectivity index (χ0v) is 17.7. The molecule has 0 spiro atoms. The molecule has 0 aliphatic rings. The zero-order valence-electron chi connectivity index (χ0n) is 17.7. The van der Waals surface area contributed by atoms with Crippen LogP contribution < -0.4 is 5.32 Å². The van der Waals surface area contributed by atoms with Gasteiger partial charge in [-0.2, -0.15) is 5.26 Å². The Morgan fingerprint density at radius 2 is 2.00 bits per heavy atom. The van der Waals surface area contributed by atoms with E-state index in [0.717, 1.165) is 17.8 Å². The van der Waals surface area contributed by atoms with E-state index in [0.29, 0.717) is 31.7 Å². The van der Waals surface area contributed by atoms with Gasteiger partial charge in [0.15, 0.2) is 0 Å². The molecule has 154 valence electrons. The number of nitrogens with one attached hydrogen (secondary N) is 1. The van der Waals surface area contributed by atoms with Gasteiger partial charge in [-0.15, -0.1) is 0 Å². The van der Waals surface area contributed by atoms with Gasteiger partial charge in [-0.1, -0.05) is 31.7 Å². The Kier molecular flexibility index (Phi) is 12.8. The highest BCUT2D eigenvalue weighted by Crippen LogP contribution is 2.11. The number of nitriles is 1. The highest BCUT2D eigenvalue weighted by Gasteiger charge is 2.15. The molecule has 0 radical (unpaired) electrons. The average Bonchev–Trinajstić information content (AvgIpc) is 2.62. The molecule has 0 aliphatic carbocycles. The number of carbonyl (C=O) groups is 1. The van der Waals surface area contributed by atoms with Crippen molar-refractivity contribution in [3.05, 3.63) is 48.3 Å². The summed E-state index contributed by atoms with van der Waals surface area (Å²) in [4.78, 5) is 15.4. The summed E-state index contributed by atoms with van der Waals surface area (Å²) < 4.78 is 11.0. The summed E-state index contributed by atoms with van der Waals surface area (Å²) in [5.41, 5.74) is 0.734. The lowest BCUT2D eigenvalue weighted by Crippen LogP contribution is -2.33. The Balaban J connectivity index is 4.49. The highest BCUT2D eigenvalue weighted by atomic mass is 16.6. The second-order valence-electron chi connectivity index (χ2n) is 6.88. The first-order valence-corrected chi connectivity index (χ1v) is 9.42. The number of amides is 1. The topological polar surface area (TPSA) is 83.7 Å². The van der Waals surface area contributed by atoms with Gasteiger partial charge < -0.3 is 14.8 Å². The normalized spacial score (nSPS) is 13.2. The van der Waals surface area contributed by atoms with Gasteiger partial charge in [0.25, 0.3) is 0 Å². The summed E-state index contributed by atoms with van der Waals surface area (Å²) in [6.07, 6.45) is 10.9. The van der Waals surface area contributed by atoms with Crippen molar-refractivity contribution in [2.24, 2.45) is 4.99 Å². The number of rotatable bonds is 11. The van der Waals surface area contributed by atoms with Gasteiger partial charge in [0.2, 0.25) is 0 Å². The quantitative estimate of drug-likeness (QED) is 0.237. The number of carbonyl (C=O) groups excluding carboxylic acids is 1. The van der Waals surface area contributed by atoms with E-state index in [1.54, 1.807) is 25.3 Å². The van der Waals surface area contributed by atoms with Crippen LogP contribution in [0.25, 0.3) is 0 Å². The molecule has 0 atom stereocenters. The van der Waals surface area contributed by atoms with Gasteiger partial charge in [-0.25, -0.2) is 4.79 Å². The molecule has 1 amide bonds. The lowest BCUT2D eigenvalue weighted by atomic mass is 10.1. The molecule has 1 N–H and O–H groups in total. The van der Waals surface area contributed by atoms with Crippen molar-refractivity contribution >= 4 is 11.8 Å². The summed E-state index contributed by atoms with van der Waals surface area (Å²) in [5.74, 6) is 0.859. The van der Waals surface area contributed by atoms with Crippen LogP contribution in [0.15, 0.2) is 53.3 Å². The lowest BCUT2D eigenvalue weighted by Gasteiger charge is -2.19. The van der Waals surface area contributed by atoms with Crippen molar-refractivity contribution < 1.29 is 14.3 Å². The second-order valence-corrected chi connectivity index (χ2v) is 6.88. The van der Waals surface area contributed by atoms with E-state index in [9.17, 15) is 4.79 Å². The van der Waals surface area contributed by atoms with E-state index in [2.05, 4.69) is 16.9 Å². The fourth-order valence-electron chi connectivity index (χ4n) is 1.98. The number of ether oxygens (including phenoxy) is 2. The van der Waals surface area contributed by atoms with Crippen molar-refractivity contribution in [2.75, 3.05) is 20.2 Å². The molecule has 6 nitrogen and oxygen atoms in total. The third kappa shape index (κ3) is 13.4. The van der Waals surface area contributed by atoms with Gasteiger partial charge in [0, 0.05) is 20.0 Å². The summed E-state index contributed by atoms with van der Waals surface area (Å²) in [5, 5.41) is 11.6. The molecule has 0 bridgehead atoms. The molecule has 0 fully saturated rings. The maximum atomic E-state index is 11.6. The standard InChI is InChI=1S/C22H33N3O3/c1-7-10-20(14-12-18(8-2)11-13-19(17-23)24-6)27-16-9-15-25-21(26)28-22(3,4)5/h8,10-13H,2,7,9,14-16H2,1,3-6H3,(H,25,26)/b13-11-,18-12?,20-10+,24-19?. The summed E-state index contributed by atoms with van der Waals surface area (Å²) in [7, 11) is 1.58. The van der Waals surface area contributed by atoms with E-state index in [-0.39, 0.29) is 0 Å². The monoisotopic (exact) mass is 387 g/mol. The number of allylic oxidation sites excluding steroid dienone is 6.